The van der Waals surface area contributed by atoms with Crippen LogP contribution in [0.4, 0.5) is 0 Å². The fourth-order valence-corrected chi connectivity index (χ4v) is 3.07. The molecule has 0 spiro atoms. The summed E-state index contributed by atoms with van der Waals surface area (Å²) in [6.07, 6.45) is 2.21. The van der Waals surface area contributed by atoms with Gasteiger partial charge in [0.25, 0.3) is 0 Å². The van der Waals surface area contributed by atoms with Crippen LogP contribution in [-0.4, -0.2) is 26.9 Å². The first kappa shape index (κ1) is 15.5. The number of carbonyl (C=O) groups is 1. The second kappa shape index (κ2) is 6.69. The molecular weight excluding hydrogens is 344 g/mol. The number of hydrogen-bond acceptors (Lipinski definition) is 3. The van der Waals surface area contributed by atoms with Crippen molar-refractivity contribution in [3.63, 3.8) is 0 Å². The summed E-state index contributed by atoms with van der Waals surface area (Å²) in [5.41, 5.74) is 1.01. The molecule has 1 aromatic carbocycles. The third kappa shape index (κ3) is 4.57. The van der Waals surface area contributed by atoms with Crippen molar-refractivity contribution in [2.24, 2.45) is 0 Å². The molecule has 1 amide bonds. The molecule has 2 N–H and O–H groups in total. The molecule has 0 saturated heterocycles. The van der Waals surface area contributed by atoms with Crippen LogP contribution in [-0.2, 0) is 20.1 Å². The van der Waals surface area contributed by atoms with E-state index in [0.717, 1.165) is 18.4 Å². The van der Waals surface area contributed by atoms with Crippen LogP contribution >= 0.6 is 15.9 Å². The van der Waals surface area contributed by atoms with Gasteiger partial charge in [0.2, 0.25) is 15.9 Å². The summed E-state index contributed by atoms with van der Waals surface area (Å²) in [6.45, 7) is 0.112. The smallest absolute Gasteiger partial charge is 0.240 e. The van der Waals surface area contributed by atoms with Crippen LogP contribution in [0.3, 0.4) is 0 Å². The van der Waals surface area contributed by atoms with Gasteiger partial charge in [-0.15, -0.1) is 0 Å². The number of rotatable bonds is 7. The summed E-state index contributed by atoms with van der Waals surface area (Å²) in [4.78, 5) is 11.7. The molecule has 1 aliphatic rings. The maximum Gasteiger partial charge on any atom is 0.240 e. The molecule has 1 fully saturated rings. The van der Waals surface area contributed by atoms with Gasteiger partial charge in [0.15, 0.2) is 0 Å². The number of sulfonamides is 1. The highest BCUT2D eigenvalue weighted by molar-refractivity contribution is 9.08. The van der Waals surface area contributed by atoms with Gasteiger partial charge in [-0.25, -0.2) is 13.1 Å². The molecule has 5 nitrogen and oxygen atoms in total. The van der Waals surface area contributed by atoms with E-state index >= 15 is 0 Å². The lowest BCUT2D eigenvalue weighted by molar-refractivity contribution is -0.121. The van der Waals surface area contributed by atoms with Crippen molar-refractivity contribution in [3.8, 4) is 0 Å². The molecule has 2 rings (SSSR count). The molecule has 1 aromatic rings. The SMILES string of the molecule is O=C(CCNS(=O)(=O)c1ccc(CBr)cc1)NC1CC1. The summed E-state index contributed by atoms with van der Waals surface area (Å²) in [7, 11) is -3.54. The molecule has 0 atom stereocenters. The molecule has 0 bridgehead atoms. The summed E-state index contributed by atoms with van der Waals surface area (Å²) in [5, 5.41) is 3.50. The minimum absolute atomic E-state index is 0.107. The Morgan fingerprint density at radius 2 is 1.90 bits per heavy atom. The van der Waals surface area contributed by atoms with Crippen LogP contribution < -0.4 is 10.0 Å². The second-order valence-electron chi connectivity index (χ2n) is 4.77. The number of hydrogen-bond donors (Lipinski definition) is 2. The van der Waals surface area contributed by atoms with Crippen molar-refractivity contribution in [1.82, 2.24) is 10.0 Å². The van der Waals surface area contributed by atoms with Crippen LogP contribution in [0.25, 0.3) is 0 Å². The average Bonchev–Trinajstić information content (AvgIpc) is 3.22. The largest absolute Gasteiger partial charge is 0.353 e. The van der Waals surface area contributed by atoms with E-state index in [9.17, 15) is 13.2 Å². The van der Waals surface area contributed by atoms with Gasteiger partial charge in [0.05, 0.1) is 4.90 Å². The fraction of sp³-hybridized carbons (Fsp3) is 0.462. The van der Waals surface area contributed by atoms with Crippen LogP contribution in [0.5, 0.6) is 0 Å². The van der Waals surface area contributed by atoms with Gasteiger partial charge in [-0.2, -0.15) is 0 Å². The number of carbonyl (C=O) groups excluding carboxylic acids is 1. The molecule has 20 heavy (non-hydrogen) atoms. The van der Waals surface area contributed by atoms with Crippen LogP contribution in [0.2, 0.25) is 0 Å². The van der Waals surface area contributed by atoms with Gasteiger partial charge in [-0.1, -0.05) is 28.1 Å². The van der Waals surface area contributed by atoms with Gasteiger partial charge in [0, 0.05) is 24.3 Å². The summed E-state index contributed by atoms with van der Waals surface area (Å²) in [6, 6.07) is 6.93. The normalized spacial score (nSPS) is 15.1. The monoisotopic (exact) mass is 360 g/mol. The van der Waals surface area contributed by atoms with E-state index in [4.69, 9.17) is 0 Å². The van der Waals surface area contributed by atoms with Gasteiger partial charge in [-0.05, 0) is 30.5 Å². The zero-order chi connectivity index (χ0) is 14.6. The molecule has 7 heteroatoms. The first-order chi connectivity index (χ1) is 9.51. The van der Waals surface area contributed by atoms with Gasteiger partial charge >= 0.3 is 0 Å². The topological polar surface area (TPSA) is 75.3 Å². The van der Waals surface area contributed by atoms with Crippen molar-refractivity contribution >= 4 is 31.9 Å². The van der Waals surface area contributed by atoms with E-state index in [-0.39, 0.29) is 23.8 Å². The zero-order valence-electron chi connectivity index (χ0n) is 10.9. The van der Waals surface area contributed by atoms with E-state index < -0.39 is 10.0 Å². The van der Waals surface area contributed by atoms with Gasteiger partial charge in [-0.3, -0.25) is 4.79 Å². The molecule has 0 heterocycles. The lowest BCUT2D eigenvalue weighted by atomic mass is 10.2. The molecule has 0 radical (unpaired) electrons. The Morgan fingerprint density at radius 3 is 2.45 bits per heavy atom. The quantitative estimate of drug-likeness (QED) is 0.724. The maximum atomic E-state index is 12.0. The predicted molar refractivity (Wildman–Crippen MR) is 80.0 cm³/mol. The summed E-state index contributed by atoms with van der Waals surface area (Å²) in [5.74, 6) is -0.107. The number of nitrogens with one attached hydrogen (secondary N) is 2. The highest BCUT2D eigenvalue weighted by atomic mass is 79.9. The number of alkyl halides is 1. The fourth-order valence-electron chi connectivity index (χ4n) is 1.67. The van der Waals surface area contributed by atoms with Crippen LogP contribution in [0.15, 0.2) is 29.2 Å². The number of benzene rings is 1. The van der Waals surface area contributed by atoms with Gasteiger partial charge in [0.1, 0.15) is 0 Å². The van der Waals surface area contributed by atoms with E-state index in [2.05, 4.69) is 26.0 Å². The molecule has 1 saturated carbocycles. The van der Waals surface area contributed by atoms with E-state index in [1.165, 1.54) is 0 Å². The Morgan fingerprint density at radius 1 is 1.25 bits per heavy atom. The highest BCUT2D eigenvalue weighted by Crippen LogP contribution is 2.18. The Hall–Kier alpha value is -0.920. The second-order valence-corrected chi connectivity index (χ2v) is 7.09. The first-order valence-electron chi connectivity index (χ1n) is 6.45. The standard InChI is InChI=1S/C13H17BrN2O3S/c14-9-10-1-5-12(6-2-10)20(18,19)15-8-7-13(17)16-11-3-4-11/h1-2,5-6,11,15H,3-4,7-9H2,(H,16,17). The van der Waals surface area contributed by atoms with Crippen molar-refractivity contribution in [3.05, 3.63) is 29.8 Å². The maximum absolute atomic E-state index is 12.0. The lowest BCUT2D eigenvalue weighted by Gasteiger charge is -2.07. The van der Waals surface area contributed by atoms with Crippen molar-refractivity contribution in [1.29, 1.82) is 0 Å². The van der Waals surface area contributed by atoms with Crippen LogP contribution in [0, 0.1) is 0 Å². The van der Waals surface area contributed by atoms with Crippen LogP contribution in [0.1, 0.15) is 24.8 Å². The third-order valence-corrected chi connectivity index (χ3v) is 5.10. The third-order valence-electron chi connectivity index (χ3n) is 2.97. The van der Waals surface area contributed by atoms with E-state index in [1.54, 1.807) is 24.3 Å². The number of amides is 1. The van der Waals surface area contributed by atoms with Crippen molar-refractivity contribution in [2.45, 2.75) is 35.5 Å². The number of halogens is 1. The lowest BCUT2D eigenvalue weighted by Crippen LogP contribution is -2.31. The Labute approximate surface area is 127 Å². The molecule has 1 aliphatic carbocycles. The van der Waals surface area contributed by atoms with Crippen molar-refractivity contribution in [2.75, 3.05) is 6.54 Å². The van der Waals surface area contributed by atoms with Gasteiger partial charge < -0.3 is 5.32 Å². The Kier molecular flexibility index (Phi) is 5.17. The molecule has 0 aromatic heterocycles. The zero-order valence-corrected chi connectivity index (χ0v) is 13.3. The molecule has 110 valence electrons. The predicted octanol–water partition coefficient (Wildman–Crippen LogP) is 1.53. The highest BCUT2D eigenvalue weighted by Gasteiger charge is 2.23. The Bertz CT molecular complexity index is 568. The average molecular weight is 361 g/mol. The summed E-state index contributed by atoms with van der Waals surface area (Å²) < 4.78 is 26.4. The minimum atomic E-state index is -3.54. The Balaban J connectivity index is 1.84. The molecule has 0 unspecified atom stereocenters. The molecular formula is C13H17BrN2O3S. The minimum Gasteiger partial charge on any atom is -0.353 e. The van der Waals surface area contributed by atoms with E-state index in [0.29, 0.717) is 11.4 Å². The van der Waals surface area contributed by atoms with Crippen molar-refractivity contribution < 1.29 is 13.2 Å². The first-order valence-corrected chi connectivity index (χ1v) is 9.05. The molecule has 0 aliphatic heterocycles. The van der Waals surface area contributed by atoms with E-state index in [1.807, 2.05) is 0 Å². The summed E-state index contributed by atoms with van der Waals surface area (Å²) >= 11 is 3.31.